The Labute approximate surface area is 196 Å². The number of hydrogen-bond donors (Lipinski definition) is 2. The molecule has 5 heteroatoms. The topological polar surface area (TPSA) is 50.7 Å². The zero-order valence-corrected chi connectivity index (χ0v) is 22.3. The standard InChI is InChI=1S/C27H43NO3Si/c1-20-17-21(2)25(22(3)18-20)28-19-24(23-13-10-9-11-14-23)26(29)30-15-12-16-31-32(7,8)27(4,5)6/h9-11,13-14,17-18,24,26,28-29H,12,15-16,19H2,1-8H3. The Morgan fingerprint density at radius 1 is 0.969 bits per heavy atom. The lowest BCUT2D eigenvalue weighted by Crippen LogP contribution is -2.41. The highest BCUT2D eigenvalue weighted by Gasteiger charge is 2.36. The Morgan fingerprint density at radius 2 is 1.56 bits per heavy atom. The van der Waals surface area contributed by atoms with Gasteiger partial charge in [0.25, 0.3) is 0 Å². The lowest BCUT2D eigenvalue weighted by atomic mass is 9.97. The van der Waals surface area contributed by atoms with Crippen molar-refractivity contribution in [2.75, 3.05) is 25.1 Å². The molecule has 0 bridgehead atoms. The quantitative estimate of drug-likeness (QED) is 0.228. The number of aryl methyl sites for hydroxylation is 3. The normalized spacial score (nSPS) is 14.3. The molecule has 2 aromatic carbocycles. The van der Waals surface area contributed by atoms with Gasteiger partial charge < -0.3 is 19.6 Å². The van der Waals surface area contributed by atoms with Crippen molar-refractivity contribution in [1.82, 2.24) is 0 Å². The van der Waals surface area contributed by atoms with Gasteiger partial charge in [0.05, 0.1) is 12.5 Å². The summed E-state index contributed by atoms with van der Waals surface area (Å²) in [5.74, 6) is -0.169. The number of hydrogen-bond acceptors (Lipinski definition) is 4. The van der Waals surface area contributed by atoms with Gasteiger partial charge in [-0.3, -0.25) is 0 Å². The van der Waals surface area contributed by atoms with Crippen LogP contribution in [0.1, 0.15) is 55.4 Å². The van der Waals surface area contributed by atoms with E-state index in [2.05, 4.69) is 72.1 Å². The molecule has 2 atom stereocenters. The molecule has 0 saturated carbocycles. The maximum absolute atomic E-state index is 10.9. The molecule has 0 saturated heterocycles. The maximum Gasteiger partial charge on any atom is 0.191 e. The van der Waals surface area contributed by atoms with Crippen LogP contribution in [0.15, 0.2) is 42.5 Å². The predicted molar refractivity (Wildman–Crippen MR) is 138 cm³/mol. The Balaban J connectivity index is 1.97. The molecule has 178 valence electrons. The first-order valence-corrected chi connectivity index (χ1v) is 14.6. The molecule has 2 N–H and O–H groups in total. The van der Waals surface area contributed by atoms with Crippen LogP contribution in [0.4, 0.5) is 5.69 Å². The van der Waals surface area contributed by atoms with E-state index in [0.717, 1.165) is 17.7 Å². The van der Waals surface area contributed by atoms with E-state index in [0.29, 0.717) is 19.8 Å². The van der Waals surface area contributed by atoms with Crippen LogP contribution in [0.3, 0.4) is 0 Å². The Bertz CT molecular complexity index is 823. The van der Waals surface area contributed by atoms with Crippen LogP contribution in [0.25, 0.3) is 0 Å². The summed E-state index contributed by atoms with van der Waals surface area (Å²) >= 11 is 0. The summed E-state index contributed by atoms with van der Waals surface area (Å²) in [5, 5.41) is 14.7. The van der Waals surface area contributed by atoms with Crippen molar-refractivity contribution in [1.29, 1.82) is 0 Å². The highest BCUT2D eigenvalue weighted by Crippen LogP contribution is 2.36. The molecule has 0 heterocycles. The van der Waals surface area contributed by atoms with E-state index in [9.17, 15) is 5.11 Å². The van der Waals surface area contributed by atoms with Gasteiger partial charge in [-0.05, 0) is 62.0 Å². The van der Waals surface area contributed by atoms with Crippen molar-refractivity contribution >= 4 is 14.0 Å². The van der Waals surface area contributed by atoms with Crippen molar-refractivity contribution in [2.45, 2.75) is 78.3 Å². The van der Waals surface area contributed by atoms with Gasteiger partial charge in [-0.25, -0.2) is 0 Å². The van der Waals surface area contributed by atoms with Gasteiger partial charge in [0.1, 0.15) is 0 Å². The smallest absolute Gasteiger partial charge is 0.191 e. The fourth-order valence-corrected chi connectivity index (χ4v) is 4.77. The summed E-state index contributed by atoms with van der Waals surface area (Å²) in [6, 6.07) is 14.5. The number of nitrogens with one attached hydrogen (secondary N) is 1. The molecule has 2 unspecified atom stereocenters. The summed E-state index contributed by atoms with van der Waals surface area (Å²) in [5.41, 5.74) is 5.88. The van der Waals surface area contributed by atoms with Crippen molar-refractivity contribution in [2.24, 2.45) is 0 Å². The zero-order chi connectivity index (χ0) is 23.9. The Morgan fingerprint density at radius 3 is 2.12 bits per heavy atom. The van der Waals surface area contributed by atoms with E-state index in [1.54, 1.807) is 0 Å². The van der Waals surface area contributed by atoms with Crippen LogP contribution >= 0.6 is 0 Å². The fourth-order valence-electron chi connectivity index (χ4n) is 3.68. The molecule has 0 aliphatic heterocycles. The van der Waals surface area contributed by atoms with Crippen molar-refractivity contribution in [3.05, 3.63) is 64.7 Å². The highest BCUT2D eigenvalue weighted by atomic mass is 28.4. The largest absolute Gasteiger partial charge is 0.417 e. The lowest BCUT2D eigenvalue weighted by Gasteiger charge is -2.36. The van der Waals surface area contributed by atoms with Crippen LogP contribution in [0.2, 0.25) is 18.1 Å². The molecule has 4 nitrogen and oxygen atoms in total. The van der Waals surface area contributed by atoms with E-state index in [-0.39, 0.29) is 11.0 Å². The molecule has 0 aromatic heterocycles. The molecule has 0 aliphatic rings. The summed E-state index contributed by atoms with van der Waals surface area (Å²) < 4.78 is 12.1. The van der Waals surface area contributed by atoms with Crippen LogP contribution in [-0.2, 0) is 9.16 Å². The van der Waals surface area contributed by atoms with Crippen molar-refractivity contribution in [3.8, 4) is 0 Å². The number of rotatable bonds is 11. The molecule has 2 aromatic rings. The van der Waals surface area contributed by atoms with E-state index < -0.39 is 14.6 Å². The average Bonchev–Trinajstić information content (AvgIpc) is 2.69. The number of anilines is 1. The summed E-state index contributed by atoms with van der Waals surface area (Å²) in [6.45, 7) is 19.3. The molecule has 0 fully saturated rings. The van der Waals surface area contributed by atoms with Crippen molar-refractivity contribution in [3.63, 3.8) is 0 Å². The second kappa shape index (κ2) is 11.5. The monoisotopic (exact) mass is 457 g/mol. The number of benzene rings is 2. The summed E-state index contributed by atoms with van der Waals surface area (Å²) in [7, 11) is -1.75. The third-order valence-corrected chi connectivity index (χ3v) is 11.1. The second-order valence-corrected chi connectivity index (χ2v) is 15.2. The Hall–Kier alpha value is -1.66. The number of aliphatic hydroxyl groups is 1. The van der Waals surface area contributed by atoms with E-state index in [1.807, 2.05) is 30.3 Å². The van der Waals surface area contributed by atoms with Gasteiger partial charge in [-0.1, -0.05) is 68.8 Å². The fraction of sp³-hybridized carbons (Fsp3) is 0.556. The molecule has 0 aliphatic carbocycles. The van der Waals surface area contributed by atoms with Gasteiger partial charge in [0, 0.05) is 18.8 Å². The molecule has 32 heavy (non-hydrogen) atoms. The minimum Gasteiger partial charge on any atom is -0.417 e. The first-order valence-electron chi connectivity index (χ1n) is 11.7. The van der Waals surface area contributed by atoms with Crippen LogP contribution in [0.5, 0.6) is 0 Å². The van der Waals surface area contributed by atoms with Crippen LogP contribution in [0, 0.1) is 20.8 Å². The lowest BCUT2D eigenvalue weighted by molar-refractivity contribution is -0.114. The summed E-state index contributed by atoms with van der Waals surface area (Å²) in [4.78, 5) is 0. The summed E-state index contributed by atoms with van der Waals surface area (Å²) in [6.07, 6.45) is -0.113. The molecule has 0 amide bonds. The minimum atomic E-state index is -1.75. The molecular weight excluding hydrogens is 414 g/mol. The molecule has 2 rings (SSSR count). The predicted octanol–water partition coefficient (Wildman–Crippen LogP) is 6.55. The SMILES string of the molecule is Cc1cc(C)c(NCC(c2ccccc2)C(O)OCCCO[Si](C)(C)C(C)(C)C)c(C)c1. The minimum absolute atomic E-state index is 0.169. The third-order valence-electron chi connectivity index (χ3n) is 6.59. The van der Waals surface area contributed by atoms with Crippen LogP contribution in [-0.4, -0.2) is 39.5 Å². The van der Waals surface area contributed by atoms with Crippen LogP contribution < -0.4 is 5.32 Å². The Kier molecular flexibility index (Phi) is 9.52. The van der Waals surface area contributed by atoms with Gasteiger partial charge in [0.15, 0.2) is 14.6 Å². The average molecular weight is 458 g/mol. The number of ether oxygens (including phenoxy) is 1. The van der Waals surface area contributed by atoms with E-state index in [1.165, 1.54) is 16.7 Å². The first kappa shape index (κ1) is 26.6. The van der Waals surface area contributed by atoms with E-state index in [4.69, 9.17) is 9.16 Å². The number of aliphatic hydroxyl groups excluding tert-OH is 1. The molecule has 0 spiro atoms. The van der Waals surface area contributed by atoms with E-state index >= 15 is 0 Å². The maximum atomic E-state index is 10.9. The third kappa shape index (κ3) is 7.44. The van der Waals surface area contributed by atoms with Gasteiger partial charge >= 0.3 is 0 Å². The first-order chi connectivity index (χ1) is 14.9. The van der Waals surface area contributed by atoms with Gasteiger partial charge in [-0.2, -0.15) is 0 Å². The van der Waals surface area contributed by atoms with Crippen molar-refractivity contribution < 1.29 is 14.3 Å². The second-order valence-electron chi connectivity index (χ2n) is 10.4. The molecule has 0 radical (unpaired) electrons. The molecular formula is C27H43NO3Si. The van der Waals surface area contributed by atoms with Gasteiger partial charge in [-0.15, -0.1) is 0 Å². The van der Waals surface area contributed by atoms with Gasteiger partial charge in [0.2, 0.25) is 0 Å². The zero-order valence-electron chi connectivity index (χ0n) is 21.3. The highest BCUT2D eigenvalue weighted by molar-refractivity contribution is 6.74.